The summed E-state index contributed by atoms with van der Waals surface area (Å²) in [5, 5.41) is 4.39. The van der Waals surface area contributed by atoms with E-state index in [1.54, 1.807) is 32.7 Å². The van der Waals surface area contributed by atoms with Crippen LogP contribution in [0.2, 0.25) is 0 Å². The van der Waals surface area contributed by atoms with Crippen LogP contribution in [0.3, 0.4) is 0 Å². The molecule has 0 radical (unpaired) electrons. The van der Waals surface area contributed by atoms with Crippen molar-refractivity contribution in [3.05, 3.63) is 17.0 Å². The van der Waals surface area contributed by atoms with E-state index in [1.807, 2.05) is 0 Å². The summed E-state index contributed by atoms with van der Waals surface area (Å²) >= 11 is 0. The predicted octanol–water partition coefficient (Wildman–Crippen LogP) is 0.661. The Labute approximate surface area is 153 Å². The van der Waals surface area contributed by atoms with Crippen LogP contribution in [0.1, 0.15) is 49.4 Å². The summed E-state index contributed by atoms with van der Waals surface area (Å²) in [6, 6.07) is 0. The summed E-state index contributed by atoms with van der Waals surface area (Å²) in [6.07, 6.45) is 0.0860. The van der Waals surface area contributed by atoms with E-state index in [0.717, 1.165) is 10.6 Å². The van der Waals surface area contributed by atoms with E-state index in [2.05, 4.69) is 5.10 Å². The van der Waals surface area contributed by atoms with Crippen molar-refractivity contribution in [2.75, 3.05) is 19.6 Å². The van der Waals surface area contributed by atoms with E-state index < -0.39 is 17.6 Å². The standard InChI is InChI=1S/C17H27N5O4/c1-11(23)22(9-7-18)15(24)14-12-10-21(16(25)26-17(2,3)4)8-6-13(12)19-20(14)5/h6-10,18H2,1-5H3. The largest absolute Gasteiger partial charge is 0.444 e. The molecule has 2 rings (SSSR count). The van der Waals surface area contributed by atoms with E-state index in [9.17, 15) is 14.4 Å². The quantitative estimate of drug-likeness (QED) is 0.842. The first kappa shape index (κ1) is 19.9. The molecule has 0 fully saturated rings. The Bertz CT molecular complexity index is 719. The van der Waals surface area contributed by atoms with Gasteiger partial charge in [-0.3, -0.25) is 19.2 Å². The molecule has 1 aliphatic rings. The second kappa shape index (κ2) is 7.45. The van der Waals surface area contributed by atoms with Gasteiger partial charge in [-0.2, -0.15) is 5.10 Å². The number of carbonyl (C=O) groups is 3. The van der Waals surface area contributed by atoms with Crippen LogP contribution in [0.25, 0.3) is 0 Å². The summed E-state index contributed by atoms with van der Waals surface area (Å²) in [6.45, 7) is 7.71. The lowest BCUT2D eigenvalue weighted by atomic mass is 10.0. The van der Waals surface area contributed by atoms with Gasteiger partial charge < -0.3 is 15.4 Å². The Morgan fingerprint density at radius 3 is 2.50 bits per heavy atom. The maximum atomic E-state index is 12.9. The SMILES string of the molecule is CC(=O)N(CCN)C(=O)c1c2c(nn1C)CCN(C(=O)OC(C)(C)C)C2. The van der Waals surface area contributed by atoms with Gasteiger partial charge in [0.05, 0.1) is 12.2 Å². The fraction of sp³-hybridized carbons (Fsp3) is 0.647. The molecule has 9 nitrogen and oxygen atoms in total. The van der Waals surface area contributed by atoms with Gasteiger partial charge in [0.15, 0.2) is 0 Å². The van der Waals surface area contributed by atoms with Crippen LogP contribution in [0.15, 0.2) is 0 Å². The van der Waals surface area contributed by atoms with Crippen molar-refractivity contribution in [3.8, 4) is 0 Å². The van der Waals surface area contributed by atoms with Gasteiger partial charge in [0.25, 0.3) is 5.91 Å². The molecule has 2 heterocycles. The van der Waals surface area contributed by atoms with Gasteiger partial charge in [0.1, 0.15) is 11.3 Å². The van der Waals surface area contributed by atoms with Gasteiger partial charge in [-0.15, -0.1) is 0 Å². The van der Waals surface area contributed by atoms with Crippen LogP contribution in [-0.4, -0.2) is 62.7 Å². The van der Waals surface area contributed by atoms with Gasteiger partial charge in [-0.25, -0.2) is 4.79 Å². The van der Waals surface area contributed by atoms with Crippen molar-refractivity contribution in [1.29, 1.82) is 0 Å². The van der Waals surface area contributed by atoms with E-state index in [0.29, 0.717) is 24.2 Å². The van der Waals surface area contributed by atoms with E-state index >= 15 is 0 Å². The molecule has 26 heavy (non-hydrogen) atoms. The summed E-state index contributed by atoms with van der Waals surface area (Å²) < 4.78 is 6.89. The molecule has 9 heteroatoms. The van der Waals surface area contributed by atoms with Crippen LogP contribution < -0.4 is 5.73 Å². The normalized spacial score (nSPS) is 14.0. The third-order valence-electron chi connectivity index (χ3n) is 4.03. The number of ether oxygens (including phenoxy) is 1. The number of carbonyl (C=O) groups excluding carboxylic acids is 3. The Morgan fingerprint density at radius 1 is 1.31 bits per heavy atom. The molecule has 0 bridgehead atoms. The first-order valence-corrected chi connectivity index (χ1v) is 8.60. The molecule has 2 N–H and O–H groups in total. The van der Waals surface area contributed by atoms with Crippen molar-refractivity contribution in [2.45, 2.75) is 46.3 Å². The molecule has 0 saturated carbocycles. The van der Waals surface area contributed by atoms with Crippen molar-refractivity contribution in [2.24, 2.45) is 12.8 Å². The van der Waals surface area contributed by atoms with E-state index in [-0.39, 0.29) is 25.5 Å². The first-order valence-electron chi connectivity index (χ1n) is 8.60. The highest BCUT2D eigenvalue weighted by atomic mass is 16.6. The number of hydrogen-bond acceptors (Lipinski definition) is 6. The highest BCUT2D eigenvalue weighted by Gasteiger charge is 2.33. The number of nitrogens with zero attached hydrogens (tertiary/aromatic N) is 4. The number of fused-ring (bicyclic) bond motifs is 1. The van der Waals surface area contributed by atoms with Crippen molar-refractivity contribution < 1.29 is 19.1 Å². The number of hydrogen-bond donors (Lipinski definition) is 1. The Hall–Kier alpha value is -2.42. The molecular weight excluding hydrogens is 338 g/mol. The van der Waals surface area contributed by atoms with Crippen LogP contribution in [0, 0.1) is 0 Å². The molecule has 0 unspecified atom stereocenters. The molecule has 1 aliphatic heterocycles. The third-order valence-corrected chi connectivity index (χ3v) is 4.03. The lowest BCUT2D eigenvalue weighted by Crippen LogP contribution is -2.42. The minimum Gasteiger partial charge on any atom is -0.444 e. The average molecular weight is 365 g/mol. The summed E-state index contributed by atoms with van der Waals surface area (Å²) in [5.41, 5.74) is 6.63. The average Bonchev–Trinajstić information content (AvgIpc) is 2.84. The van der Waals surface area contributed by atoms with Crippen molar-refractivity contribution in [3.63, 3.8) is 0 Å². The fourth-order valence-electron chi connectivity index (χ4n) is 2.91. The number of nitrogens with two attached hydrogens (primary N) is 1. The Balaban J connectivity index is 2.31. The van der Waals surface area contributed by atoms with Crippen LogP contribution in [-0.2, 0) is 29.5 Å². The molecule has 0 spiro atoms. The van der Waals surface area contributed by atoms with Crippen LogP contribution >= 0.6 is 0 Å². The highest BCUT2D eigenvalue weighted by Crippen LogP contribution is 2.24. The summed E-state index contributed by atoms with van der Waals surface area (Å²) in [7, 11) is 1.66. The second-order valence-electron chi connectivity index (χ2n) is 7.31. The molecule has 144 valence electrons. The van der Waals surface area contributed by atoms with Gasteiger partial charge in [-0.05, 0) is 20.8 Å². The number of imide groups is 1. The topological polar surface area (TPSA) is 111 Å². The molecule has 0 aromatic carbocycles. The van der Waals surface area contributed by atoms with Crippen LogP contribution in [0.4, 0.5) is 4.79 Å². The van der Waals surface area contributed by atoms with Gasteiger partial charge in [0, 0.05) is 45.6 Å². The minimum atomic E-state index is -0.600. The van der Waals surface area contributed by atoms with Gasteiger partial charge in [-0.1, -0.05) is 0 Å². The van der Waals surface area contributed by atoms with Crippen molar-refractivity contribution in [1.82, 2.24) is 19.6 Å². The summed E-state index contributed by atoms with van der Waals surface area (Å²) in [4.78, 5) is 39.7. The maximum Gasteiger partial charge on any atom is 0.410 e. The van der Waals surface area contributed by atoms with Gasteiger partial charge in [0.2, 0.25) is 5.91 Å². The molecule has 0 saturated heterocycles. The van der Waals surface area contributed by atoms with Gasteiger partial charge >= 0.3 is 6.09 Å². The minimum absolute atomic E-state index is 0.129. The Kier molecular flexibility index (Phi) is 5.70. The zero-order chi connectivity index (χ0) is 19.6. The van der Waals surface area contributed by atoms with Crippen molar-refractivity contribution >= 4 is 17.9 Å². The summed E-state index contributed by atoms with van der Waals surface area (Å²) in [5.74, 6) is -0.833. The molecule has 0 aliphatic carbocycles. The molecule has 1 aromatic heterocycles. The van der Waals surface area contributed by atoms with E-state index in [4.69, 9.17) is 10.5 Å². The lowest BCUT2D eigenvalue weighted by molar-refractivity contribution is -0.126. The molecule has 0 atom stereocenters. The monoisotopic (exact) mass is 365 g/mol. The fourth-order valence-corrected chi connectivity index (χ4v) is 2.91. The highest BCUT2D eigenvalue weighted by molar-refractivity contribution is 6.04. The number of rotatable bonds is 3. The zero-order valence-corrected chi connectivity index (χ0v) is 16.0. The Morgan fingerprint density at radius 2 is 1.96 bits per heavy atom. The number of aromatic nitrogens is 2. The molecular formula is C17H27N5O4. The maximum absolute atomic E-state index is 12.9. The second-order valence-corrected chi connectivity index (χ2v) is 7.31. The smallest absolute Gasteiger partial charge is 0.410 e. The lowest BCUT2D eigenvalue weighted by Gasteiger charge is -2.30. The molecule has 3 amide bonds. The number of amides is 3. The third kappa shape index (κ3) is 4.21. The zero-order valence-electron chi connectivity index (χ0n) is 16.0. The van der Waals surface area contributed by atoms with E-state index in [1.165, 1.54) is 11.6 Å². The first-order chi connectivity index (χ1) is 12.0. The molecule has 1 aromatic rings. The predicted molar refractivity (Wildman–Crippen MR) is 94.3 cm³/mol. The van der Waals surface area contributed by atoms with Crippen LogP contribution in [0.5, 0.6) is 0 Å². The number of aryl methyl sites for hydroxylation is 1.